The third-order valence-electron chi connectivity index (χ3n) is 5.13. The molecule has 0 bridgehead atoms. The van der Waals surface area contributed by atoms with Gasteiger partial charge in [-0.15, -0.1) is 0 Å². The van der Waals surface area contributed by atoms with Gasteiger partial charge in [0.25, 0.3) is 0 Å². The van der Waals surface area contributed by atoms with E-state index in [4.69, 9.17) is 10.5 Å². The van der Waals surface area contributed by atoms with Gasteiger partial charge < -0.3 is 10.5 Å². The fourth-order valence-corrected chi connectivity index (χ4v) is 3.73. The molecule has 3 unspecified atom stereocenters. The first kappa shape index (κ1) is 15.3. The van der Waals surface area contributed by atoms with Crippen LogP contribution in [0.1, 0.15) is 59.3 Å². The molecule has 1 heterocycles. The van der Waals surface area contributed by atoms with Crippen molar-refractivity contribution in [2.24, 2.45) is 11.7 Å². The van der Waals surface area contributed by atoms with Crippen molar-refractivity contribution >= 4 is 0 Å². The summed E-state index contributed by atoms with van der Waals surface area (Å²) in [5, 5.41) is 0. The van der Waals surface area contributed by atoms with Crippen LogP contribution in [0.3, 0.4) is 0 Å². The Balaban J connectivity index is 2.06. The van der Waals surface area contributed by atoms with Crippen LogP contribution in [0.15, 0.2) is 0 Å². The van der Waals surface area contributed by atoms with Gasteiger partial charge in [-0.2, -0.15) is 0 Å². The molecule has 0 aromatic rings. The second-order valence-corrected chi connectivity index (χ2v) is 7.09. The van der Waals surface area contributed by atoms with Crippen LogP contribution >= 0.6 is 0 Å². The Kier molecular flexibility index (Phi) is 5.27. The molecule has 1 aliphatic heterocycles. The summed E-state index contributed by atoms with van der Waals surface area (Å²) >= 11 is 0. The summed E-state index contributed by atoms with van der Waals surface area (Å²) in [5.74, 6) is 0.758. The third kappa shape index (κ3) is 3.50. The molecule has 2 N–H and O–H groups in total. The molecule has 2 aliphatic rings. The van der Waals surface area contributed by atoms with E-state index in [0.29, 0.717) is 12.1 Å². The number of rotatable bonds is 5. The quantitative estimate of drug-likeness (QED) is 0.833. The second-order valence-electron chi connectivity index (χ2n) is 7.09. The van der Waals surface area contributed by atoms with Crippen molar-refractivity contribution in [3.8, 4) is 0 Å². The van der Waals surface area contributed by atoms with E-state index in [9.17, 15) is 0 Å². The molecule has 3 heteroatoms. The van der Waals surface area contributed by atoms with Crippen molar-refractivity contribution in [3.05, 3.63) is 0 Å². The summed E-state index contributed by atoms with van der Waals surface area (Å²) in [6, 6.07) is 0.614. The molecule has 112 valence electrons. The van der Waals surface area contributed by atoms with Crippen molar-refractivity contribution in [3.63, 3.8) is 0 Å². The van der Waals surface area contributed by atoms with Crippen LogP contribution in [0.2, 0.25) is 0 Å². The van der Waals surface area contributed by atoms with Crippen molar-refractivity contribution in [2.75, 3.05) is 19.7 Å². The number of hydrogen-bond donors (Lipinski definition) is 1. The number of nitrogens with two attached hydrogens (primary N) is 1. The number of hydrogen-bond acceptors (Lipinski definition) is 3. The van der Waals surface area contributed by atoms with E-state index in [1.54, 1.807) is 0 Å². The molecule has 0 aromatic heterocycles. The van der Waals surface area contributed by atoms with Crippen molar-refractivity contribution in [1.82, 2.24) is 4.90 Å². The maximum absolute atomic E-state index is 6.16. The van der Waals surface area contributed by atoms with Crippen LogP contribution in [-0.2, 0) is 4.74 Å². The van der Waals surface area contributed by atoms with Crippen LogP contribution in [0.5, 0.6) is 0 Å². The Morgan fingerprint density at radius 3 is 2.74 bits per heavy atom. The van der Waals surface area contributed by atoms with E-state index < -0.39 is 0 Å². The first-order valence-corrected chi connectivity index (χ1v) is 8.15. The Labute approximate surface area is 118 Å². The van der Waals surface area contributed by atoms with Crippen molar-refractivity contribution in [1.29, 1.82) is 0 Å². The highest BCUT2D eigenvalue weighted by Crippen LogP contribution is 2.35. The maximum Gasteiger partial charge on any atom is 0.0731 e. The molecular weight excluding hydrogens is 236 g/mol. The zero-order chi connectivity index (χ0) is 13.9. The number of morpholine rings is 1. The molecule has 19 heavy (non-hydrogen) atoms. The average Bonchev–Trinajstić information content (AvgIpc) is 2.44. The molecule has 0 spiro atoms. The summed E-state index contributed by atoms with van der Waals surface area (Å²) in [7, 11) is 0. The molecule has 1 aliphatic carbocycles. The lowest BCUT2D eigenvalue weighted by molar-refractivity contribution is -0.123. The summed E-state index contributed by atoms with van der Waals surface area (Å²) in [4.78, 5) is 2.70. The molecule has 3 atom stereocenters. The van der Waals surface area contributed by atoms with E-state index >= 15 is 0 Å². The highest BCUT2D eigenvalue weighted by molar-refractivity contribution is 4.97. The van der Waals surface area contributed by atoms with Gasteiger partial charge in [-0.1, -0.05) is 26.7 Å². The predicted octanol–water partition coefficient (Wildman–Crippen LogP) is 2.78. The van der Waals surface area contributed by atoms with Crippen LogP contribution in [0.25, 0.3) is 0 Å². The number of fused-ring (bicyclic) bond motifs is 1. The highest BCUT2D eigenvalue weighted by Gasteiger charge is 2.42. The SMILES string of the molecule is CC(C)CCC(C)(CN)N1CCOC2CCCCC21. The minimum absolute atomic E-state index is 0.161. The molecule has 2 fully saturated rings. The van der Waals surface area contributed by atoms with Crippen LogP contribution in [0.4, 0.5) is 0 Å². The monoisotopic (exact) mass is 268 g/mol. The predicted molar refractivity (Wildman–Crippen MR) is 80.2 cm³/mol. The largest absolute Gasteiger partial charge is 0.375 e. The molecule has 3 nitrogen and oxygen atoms in total. The normalized spacial score (nSPS) is 32.1. The van der Waals surface area contributed by atoms with Crippen LogP contribution in [0, 0.1) is 5.92 Å². The maximum atomic E-state index is 6.16. The van der Waals surface area contributed by atoms with E-state index in [-0.39, 0.29) is 5.54 Å². The van der Waals surface area contributed by atoms with Gasteiger partial charge in [-0.05, 0) is 38.5 Å². The fourth-order valence-electron chi connectivity index (χ4n) is 3.73. The summed E-state index contributed by atoms with van der Waals surface area (Å²) in [6.07, 6.45) is 8.17. The second kappa shape index (κ2) is 6.55. The molecule has 1 saturated carbocycles. The molecule has 0 radical (unpaired) electrons. The van der Waals surface area contributed by atoms with E-state index in [1.807, 2.05) is 0 Å². The first-order valence-electron chi connectivity index (χ1n) is 8.15. The van der Waals surface area contributed by atoms with Gasteiger partial charge in [0, 0.05) is 24.7 Å². The van der Waals surface area contributed by atoms with Crippen LogP contribution in [-0.4, -0.2) is 42.3 Å². The molecular formula is C16H32N2O. The van der Waals surface area contributed by atoms with E-state index in [2.05, 4.69) is 25.7 Å². The van der Waals surface area contributed by atoms with E-state index in [0.717, 1.165) is 25.6 Å². The number of ether oxygens (including phenoxy) is 1. The van der Waals surface area contributed by atoms with Gasteiger partial charge >= 0.3 is 0 Å². The standard InChI is InChI=1S/C16H32N2O/c1-13(2)8-9-16(3,12-17)18-10-11-19-15-7-5-4-6-14(15)18/h13-15H,4-12,17H2,1-3H3. The van der Waals surface area contributed by atoms with Crippen molar-refractivity contribution in [2.45, 2.75) is 77.0 Å². The van der Waals surface area contributed by atoms with Gasteiger partial charge in [-0.3, -0.25) is 4.90 Å². The highest BCUT2D eigenvalue weighted by atomic mass is 16.5. The summed E-state index contributed by atoms with van der Waals surface area (Å²) in [5.41, 5.74) is 6.32. The van der Waals surface area contributed by atoms with Gasteiger partial charge in [0.05, 0.1) is 12.7 Å². The lowest BCUT2D eigenvalue weighted by Crippen LogP contribution is -2.63. The Hall–Kier alpha value is -0.120. The molecule has 0 aromatic carbocycles. The smallest absolute Gasteiger partial charge is 0.0731 e. The van der Waals surface area contributed by atoms with Crippen LogP contribution < -0.4 is 5.73 Å². The first-order chi connectivity index (χ1) is 9.07. The third-order valence-corrected chi connectivity index (χ3v) is 5.13. The molecule has 0 amide bonds. The fraction of sp³-hybridized carbons (Fsp3) is 1.00. The Morgan fingerprint density at radius 1 is 1.32 bits per heavy atom. The zero-order valence-corrected chi connectivity index (χ0v) is 13.0. The zero-order valence-electron chi connectivity index (χ0n) is 13.0. The summed E-state index contributed by atoms with van der Waals surface area (Å²) < 4.78 is 5.99. The lowest BCUT2D eigenvalue weighted by atomic mass is 9.83. The van der Waals surface area contributed by atoms with Gasteiger partial charge in [0.1, 0.15) is 0 Å². The van der Waals surface area contributed by atoms with Gasteiger partial charge in [0.2, 0.25) is 0 Å². The van der Waals surface area contributed by atoms with Gasteiger partial charge in [0.15, 0.2) is 0 Å². The molecule has 2 rings (SSSR count). The number of nitrogens with zero attached hydrogens (tertiary/aromatic N) is 1. The lowest BCUT2D eigenvalue weighted by Gasteiger charge is -2.52. The Morgan fingerprint density at radius 2 is 2.05 bits per heavy atom. The Bertz CT molecular complexity index is 280. The van der Waals surface area contributed by atoms with E-state index in [1.165, 1.54) is 38.5 Å². The minimum atomic E-state index is 0.161. The minimum Gasteiger partial charge on any atom is -0.375 e. The average molecular weight is 268 g/mol. The topological polar surface area (TPSA) is 38.5 Å². The van der Waals surface area contributed by atoms with Crippen molar-refractivity contribution < 1.29 is 4.74 Å². The summed E-state index contributed by atoms with van der Waals surface area (Å²) in [6.45, 7) is 9.69. The van der Waals surface area contributed by atoms with Gasteiger partial charge in [-0.25, -0.2) is 0 Å². The molecule has 1 saturated heterocycles.